The van der Waals surface area contributed by atoms with Crippen LogP contribution in [0.5, 0.6) is 0 Å². The predicted octanol–water partition coefficient (Wildman–Crippen LogP) is 2.78. The molecule has 0 aliphatic carbocycles. The summed E-state index contributed by atoms with van der Waals surface area (Å²) in [5, 5.41) is 3.13. The first-order valence-corrected chi connectivity index (χ1v) is 8.21. The van der Waals surface area contributed by atoms with Gasteiger partial charge in [-0.05, 0) is 24.5 Å². The summed E-state index contributed by atoms with van der Waals surface area (Å²) >= 11 is 5.71. The number of hydrogen-bond donors (Lipinski definition) is 2. The molecule has 0 fully saturated rings. The maximum absolute atomic E-state index is 12.1. The molecule has 1 heterocycles. The van der Waals surface area contributed by atoms with Gasteiger partial charge in [0, 0.05) is 25.2 Å². The van der Waals surface area contributed by atoms with Crippen molar-refractivity contribution < 1.29 is 19.1 Å². The molecule has 0 radical (unpaired) electrons. The quantitative estimate of drug-likeness (QED) is 0.429. The summed E-state index contributed by atoms with van der Waals surface area (Å²) in [6, 6.07) is 8.55. The highest BCUT2D eigenvalue weighted by Gasteiger charge is 2.13. The molecular formula is C18H19ClN2O4. The van der Waals surface area contributed by atoms with E-state index in [2.05, 4.69) is 10.3 Å². The molecule has 1 aromatic heterocycles. The third kappa shape index (κ3) is 6.08. The van der Waals surface area contributed by atoms with Crippen molar-refractivity contribution in [1.29, 1.82) is 0 Å². The fraction of sp³-hybridized carbons (Fsp3) is 0.278. The Morgan fingerprint density at radius 1 is 1.20 bits per heavy atom. The van der Waals surface area contributed by atoms with E-state index in [1.165, 1.54) is 19.2 Å². The second-order valence-electron chi connectivity index (χ2n) is 5.51. The molecule has 0 atom stereocenters. The first-order chi connectivity index (χ1) is 12.0. The Balaban J connectivity index is 1.79. The van der Waals surface area contributed by atoms with Crippen LogP contribution in [0.4, 0.5) is 0 Å². The number of Topliss-reactive ketones (excluding diaryl/α,β-unsaturated/α-hetero) is 1. The summed E-state index contributed by atoms with van der Waals surface area (Å²) in [5.74, 6) is -0.956. The lowest BCUT2D eigenvalue weighted by Crippen LogP contribution is -2.21. The SMILES string of the molecule is CC(=O)NCCCc1ccc(C(=O)COC(=O)c2cc(Cl)c[nH]2)cc1. The molecule has 0 saturated heterocycles. The lowest BCUT2D eigenvalue weighted by molar-refractivity contribution is -0.118. The van der Waals surface area contributed by atoms with Gasteiger partial charge in [0.25, 0.3) is 0 Å². The summed E-state index contributed by atoms with van der Waals surface area (Å²) in [4.78, 5) is 37.3. The number of carbonyl (C=O) groups excluding carboxylic acids is 3. The van der Waals surface area contributed by atoms with Gasteiger partial charge in [-0.25, -0.2) is 4.79 Å². The number of ether oxygens (including phenoxy) is 1. The van der Waals surface area contributed by atoms with Crippen molar-refractivity contribution >= 4 is 29.3 Å². The van der Waals surface area contributed by atoms with Gasteiger partial charge >= 0.3 is 5.97 Å². The van der Waals surface area contributed by atoms with E-state index in [0.29, 0.717) is 17.1 Å². The fourth-order valence-corrected chi connectivity index (χ4v) is 2.36. The predicted molar refractivity (Wildman–Crippen MR) is 93.9 cm³/mol. The van der Waals surface area contributed by atoms with Crippen LogP contribution in [-0.2, 0) is 16.0 Å². The summed E-state index contributed by atoms with van der Waals surface area (Å²) in [7, 11) is 0. The number of nitrogens with one attached hydrogen (secondary N) is 2. The molecule has 1 aromatic carbocycles. The number of H-pyrrole nitrogens is 1. The van der Waals surface area contributed by atoms with Crippen LogP contribution in [0.15, 0.2) is 36.5 Å². The van der Waals surface area contributed by atoms with Crippen molar-refractivity contribution in [2.75, 3.05) is 13.2 Å². The van der Waals surface area contributed by atoms with Crippen molar-refractivity contribution in [3.63, 3.8) is 0 Å². The summed E-state index contributed by atoms with van der Waals surface area (Å²) in [6.45, 7) is 1.77. The number of amides is 1. The van der Waals surface area contributed by atoms with Crippen LogP contribution < -0.4 is 5.32 Å². The van der Waals surface area contributed by atoms with E-state index in [9.17, 15) is 14.4 Å². The molecule has 0 saturated carbocycles. The number of rotatable bonds is 8. The fourth-order valence-electron chi connectivity index (χ4n) is 2.19. The molecule has 132 valence electrons. The standard InChI is InChI=1S/C18H19ClN2O4/c1-12(22)20-8-2-3-13-4-6-14(7-5-13)17(23)11-25-18(24)16-9-15(19)10-21-16/h4-7,9-10,21H,2-3,8,11H2,1H3,(H,20,22). The maximum atomic E-state index is 12.1. The summed E-state index contributed by atoms with van der Waals surface area (Å²) in [5.41, 5.74) is 1.75. The molecule has 7 heteroatoms. The molecule has 2 N–H and O–H groups in total. The average molecular weight is 363 g/mol. The van der Waals surface area contributed by atoms with Gasteiger partial charge in [0.2, 0.25) is 5.91 Å². The second kappa shape index (κ2) is 9.03. The largest absolute Gasteiger partial charge is 0.453 e. The number of carbonyl (C=O) groups is 3. The highest BCUT2D eigenvalue weighted by atomic mass is 35.5. The highest BCUT2D eigenvalue weighted by molar-refractivity contribution is 6.30. The van der Waals surface area contributed by atoms with Crippen LogP contribution in [0.25, 0.3) is 0 Å². The minimum Gasteiger partial charge on any atom is -0.453 e. The Morgan fingerprint density at radius 3 is 2.52 bits per heavy atom. The van der Waals surface area contributed by atoms with Crippen molar-refractivity contribution in [1.82, 2.24) is 10.3 Å². The molecule has 0 unspecified atom stereocenters. The van der Waals surface area contributed by atoms with E-state index < -0.39 is 5.97 Å². The van der Waals surface area contributed by atoms with Gasteiger partial charge in [-0.3, -0.25) is 9.59 Å². The monoisotopic (exact) mass is 362 g/mol. The molecule has 2 rings (SSSR count). The van der Waals surface area contributed by atoms with Gasteiger partial charge in [-0.2, -0.15) is 0 Å². The first kappa shape index (κ1) is 18.7. The van der Waals surface area contributed by atoms with Crippen molar-refractivity contribution in [2.45, 2.75) is 19.8 Å². The highest BCUT2D eigenvalue weighted by Crippen LogP contribution is 2.11. The number of halogens is 1. The molecule has 2 aromatic rings. The van der Waals surface area contributed by atoms with Crippen LogP contribution >= 0.6 is 11.6 Å². The van der Waals surface area contributed by atoms with E-state index in [4.69, 9.17) is 16.3 Å². The Bertz CT molecular complexity index is 753. The maximum Gasteiger partial charge on any atom is 0.355 e. The minimum absolute atomic E-state index is 0.0443. The van der Waals surface area contributed by atoms with Gasteiger partial charge in [0.15, 0.2) is 12.4 Å². The van der Waals surface area contributed by atoms with Crippen molar-refractivity contribution in [2.24, 2.45) is 0 Å². The number of aromatic amines is 1. The van der Waals surface area contributed by atoms with Crippen molar-refractivity contribution in [3.05, 3.63) is 58.4 Å². The zero-order chi connectivity index (χ0) is 18.2. The topological polar surface area (TPSA) is 88.3 Å². The van der Waals surface area contributed by atoms with Gasteiger partial charge in [0.05, 0.1) is 5.02 Å². The van der Waals surface area contributed by atoms with Crippen LogP contribution in [0, 0.1) is 0 Å². The molecule has 0 aliphatic heterocycles. The number of aryl methyl sites for hydroxylation is 1. The molecule has 0 aliphatic rings. The third-order valence-electron chi connectivity index (χ3n) is 3.49. The Labute approximate surface area is 150 Å². The zero-order valence-corrected chi connectivity index (χ0v) is 14.6. The normalized spacial score (nSPS) is 10.3. The van der Waals surface area contributed by atoms with E-state index in [-0.39, 0.29) is 24.0 Å². The lowest BCUT2D eigenvalue weighted by atomic mass is 10.1. The number of benzene rings is 1. The van der Waals surface area contributed by atoms with E-state index in [1.54, 1.807) is 12.1 Å². The molecular weight excluding hydrogens is 344 g/mol. The van der Waals surface area contributed by atoms with Gasteiger partial charge in [0.1, 0.15) is 5.69 Å². The van der Waals surface area contributed by atoms with Gasteiger partial charge < -0.3 is 15.0 Å². The Morgan fingerprint density at radius 2 is 1.92 bits per heavy atom. The summed E-state index contributed by atoms with van der Waals surface area (Å²) < 4.78 is 4.97. The van der Waals surface area contributed by atoms with Crippen LogP contribution in [0.2, 0.25) is 5.02 Å². The molecule has 0 bridgehead atoms. The van der Waals surface area contributed by atoms with E-state index in [1.807, 2.05) is 12.1 Å². The van der Waals surface area contributed by atoms with Crippen LogP contribution in [0.1, 0.15) is 39.8 Å². The third-order valence-corrected chi connectivity index (χ3v) is 3.71. The van der Waals surface area contributed by atoms with E-state index >= 15 is 0 Å². The number of ketones is 1. The summed E-state index contributed by atoms with van der Waals surface area (Å²) in [6.07, 6.45) is 3.09. The van der Waals surface area contributed by atoms with Crippen molar-refractivity contribution in [3.8, 4) is 0 Å². The lowest BCUT2D eigenvalue weighted by Gasteiger charge is -2.05. The van der Waals surface area contributed by atoms with Gasteiger partial charge in [-0.1, -0.05) is 35.9 Å². The number of esters is 1. The van der Waals surface area contributed by atoms with Crippen LogP contribution in [0.3, 0.4) is 0 Å². The van der Waals surface area contributed by atoms with E-state index in [0.717, 1.165) is 18.4 Å². The molecule has 0 spiro atoms. The number of aromatic nitrogens is 1. The smallest absolute Gasteiger partial charge is 0.355 e. The first-order valence-electron chi connectivity index (χ1n) is 7.83. The Hall–Kier alpha value is -2.60. The Kier molecular flexibility index (Phi) is 6.77. The molecule has 25 heavy (non-hydrogen) atoms. The second-order valence-corrected chi connectivity index (χ2v) is 5.95. The molecule has 6 nitrogen and oxygen atoms in total. The molecule has 1 amide bonds. The average Bonchev–Trinajstić information content (AvgIpc) is 3.03. The minimum atomic E-state index is -0.630. The van der Waals surface area contributed by atoms with Gasteiger partial charge in [-0.15, -0.1) is 0 Å². The zero-order valence-electron chi connectivity index (χ0n) is 13.8. The van der Waals surface area contributed by atoms with Crippen LogP contribution in [-0.4, -0.2) is 35.8 Å². The number of hydrogen-bond acceptors (Lipinski definition) is 4.